The fraction of sp³-hybridized carbons (Fsp3) is 0.926. The molecule has 30 heavy (non-hydrogen) atoms. The minimum absolute atomic E-state index is 0.0641. The van der Waals surface area contributed by atoms with E-state index in [1.54, 1.807) is 0 Å². The fourth-order valence-electron chi connectivity index (χ4n) is 8.74. The monoisotopic (exact) mass is 418 g/mol. The molecule has 4 aliphatic rings. The minimum Gasteiger partial charge on any atom is -0.396 e. The minimum atomic E-state index is -0.658. The molecule has 0 amide bonds. The van der Waals surface area contributed by atoms with Crippen molar-refractivity contribution in [3.05, 3.63) is 11.6 Å². The van der Waals surface area contributed by atoms with E-state index in [-0.39, 0.29) is 5.41 Å². The Balaban J connectivity index is 1.53. The third-order valence-corrected chi connectivity index (χ3v) is 10.4. The Morgan fingerprint density at radius 2 is 1.77 bits per heavy atom. The van der Waals surface area contributed by atoms with E-state index in [0.717, 1.165) is 36.7 Å². The molecule has 4 rings (SSSR count). The molecule has 0 radical (unpaired) electrons. The van der Waals surface area contributed by atoms with E-state index in [1.807, 2.05) is 0 Å². The fourth-order valence-corrected chi connectivity index (χ4v) is 8.74. The van der Waals surface area contributed by atoms with Gasteiger partial charge in [-0.25, -0.2) is 0 Å². The van der Waals surface area contributed by atoms with Crippen LogP contribution in [0, 0.1) is 46.3 Å². The molecule has 0 aromatic carbocycles. The van der Waals surface area contributed by atoms with Crippen molar-refractivity contribution < 1.29 is 15.3 Å². The summed E-state index contributed by atoms with van der Waals surface area (Å²) >= 11 is 0. The highest BCUT2D eigenvalue weighted by atomic mass is 16.3. The molecular formula is C27H46O3. The zero-order valence-corrected chi connectivity index (χ0v) is 19.8. The standard InChI is InChI=1S/C27H46O3/c1-17(2)6-5-7-18(16-28)20-10-11-21-19-8-9-23-25(30)24(29)13-15-27(23,4)22(19)12-14-26(20,21)3/h9,17-22,24-25,28-30H,5-8,10-16H2,1-4H3. The van der Waals surface area contributed by atoms with Gasteiger partial charge in [0.05, 0.1) is 6.10 Å². The summed E-state index contributed by atoms with van der Waals surface area (Å²) in [6.45, 7) is 9.88. The molecule has 0 bridgehead atoms. The predicted molar refractivity (Wildman–Crippen MR) is 122 cm³/mol. The van der Waals surface area contributed by atoms with Gasteiger partial charge in [0, 0.05) is 6.61 Å². The first-order valence-electron chi connectivity index (χ1n) is 12.9. The maximum Gasteiger partial charge on any atom is 0.101 e. The molecule has 0 saturated heterocycles. The summed E-state index contributed by atoms with van der Waals surface area (Å²) in [5, 5.41) is 31.2. The smallest absolute Gasteiger partial charge is 0.101 e. The molecule has 172 valence electrons. The summed E-state index contributed by atoms with van der Waals surface area (Å²) in [6, 6.07) is 0. The Kier molecular flexibility index (Phi) is 6.48. The second kappa shape index (κ2) is 8.52. The number of rotatable bonds is 6. The van der Waals surface area contributed by atoms with Crippen LogP contribution in [0.1, 0.15) is 91.9 Å². The third kappa shape index (κ3) is 3.61. The third-order valence-electron chi connectivity index (χ3n) is 10.4. The highest BCUT2D eigenvalue weighted by Crippen LogP contribution is 2.67. The Hall–Kier alpha value is -0.380. The first-order valence-corrected chi connectivity index (χ1v) is 12.9. The molecule has 3 heteroatoms. The zero-order chi connectivity index (χ0) is 21.7. The van der Waals surface area contributed by atoms with Crippen LogP contribution in [0.5, 0.6) is 0 Å². The molecule has 3 nitrogen and oxygen atoms in total. The number of aliphatic hydroxyl groups excluding tert-OH is 3. The first kappa shape index (κ1) is 22.8. The molecule has 4 aliphatic carbocycles. The van der Waals surface area contributed by atoms with E-state index in [9.17, 15) is 15.3 Å². The lowest BCUT2D eigenvalue weighted by Crippen LogP contribution is -2.54. The summed E-state index contributed by atoms with van der Waals surface area (Å²) in [5.74, 6) is 3.98. The second-order valence-electron chi connectivity index (χ2n) is 12.2. The molecule has 0 aromatic heterocycles. The van der Waals surface area contributed by atoms with E-state index in [1.165, 1.54) is 44.9 Å². The second-order valence-corrected chi connectivity index (χ2v) is 12.2. The number of allylic oxidation sites excluding steroid dienone is 1. The number of aliphatic hydroxyl groups is 3. The van der Waals surface area contributed by atoms with Crippen molar-refractivity contribution in [3.63, 3.8) is 0 Å². The summed E-state index contributed by atoms with van der Waals surface area (Å²) in [5.41, 5.74) is 1.57. The van der Waals surface area contributed by atoms with E-state index < -0.39 is 12.2 Å². The Labute approximate surface area is 184 Å². The number of fused-ring (bicyclic) bond motifs is 5. The Morgan fingerprint density at radius 1 is 1.00 bits per heavy atom. The van der Waals surface area contributed by atoms with Gasteiger partial charge in [0.25, 0.3) is 0 Å². The van der Waals surface area contributed by atoms with Crippen LogP contribution in [0.15, 0.2) is 11.6 Å². The maximum absolute atomic E-state index is 10.7. The Morgan fingerprint density at radius 3 is 2.47 bits per heavy atom. The van der Waals surface area contributed by atoms with Crippen molar-refractivity contribution in [1.82, 2.24) is 0 Å². The van der Waals surface area contributed by atoms with Gasteiger partial charge in [0.1, 0.15) is 6.10 Å². The van der Waals surface area contributed by atoms with Gasteiger partial charge < -0.3 is 15.3 Å². The van der Waals surface area contributed by atoms with Crippen molar-refractivity contribution in [1.29, 1.82) is 0 Å². The van der Waals surface area contributed by atoms with Crippen LogP contribution in [0.4, 0.5) is 0 Å². The van der Waals surface area contributed by atoms with E-state index in [0.29, 0.717) is 35.7 Å². The van der Waals surface area contributed by atoms with Gasteiger partial charge >= 0.3 is 0 Å². The first-order chi connectivity index (χ1) is 14.2. The van der Waals surface area contributed by atoms with Gasteiger partial charge in [-0.05, 0) is 103 Å². The van der Waals surface area contributed by atoms with Crippen LogP contribution in [0.25, 0.3) is 0 Å². The van der Waals surface area contributed by atoms with Crippen LogP contribution in [-0.4, -0.2) is 34.1 Å². The molecule has 0 heterocycles. The molecule has 0 spiro atoms. The average molecular weight is 419 g/mol. The van der Waals surface area contributed by atoms with Gasteiger partial charge in [0.15, 0.2) is 0 Å². The van der Waals surface area contributed by atoms with Crippen LogP contribution in [0.2, 0.25) is 0 Å². The maximum atomic E-state index is 10.7. The van der Waals surface area contributed by atoms with Crippen LogP contribution in [0.3, 0.4) is 0 Å². The molecule has 0 aliphatic heterocycles. The molecule has 9 atom stereocenters. The van der Waals surface area contributed by atoms with E-state index in [2.05, 4.69) is 33.8 Å². The lowest BCUT2D eigenvalue weighted by atomic mass is 9.46. The number of hydrogen-bond donors (Lipinski definition) is 3. The summed E-state index contributed by atoms with van der Waals surface area (Å²) in [7, 11) is 0. The average Bonchev–Trinajstić information content (AvgIpc) is 3.05. The Bertz CT molecular complexity index is 642. The largest absolute Gasteiger partial charge is 0.396 e. The SMILES string of the molecule is CC(C)CCCC(CO)C1CCC2C3CC=C4C(O)C(O)CCC4(C)C3CCC12C. The van der Waals surface area contributed by atoms with Crippen molar-refractivity contribution >= 4 is 0 Å². The molecule has 0 aromatic rings. The van der Waals surface area contributed by atoms with Crippen molar-refractivity contribution in [2.24, 2.45) is 46.3 Å². The van der Waals surface area contributed by atoms with E-state index >= 15 is 0 Å². The molecule has 3 fully saturated rings. The topological polar surface area (TPSA) is 60.7 Å². The summed E-state index contributed by atoms with van der Waals surface area (Å²) in [6.07, 6.45) is 12.7. The van der Waals surface area contributed by atoms with Crippen molar-refractivity contribution in [2.75, 3.05) is 6.61 Å². The van der Waals surface area contributed by atoms with Gasteiger partial charge in [0.2, 0.25) is 0 Å². The predicted octanol–water partition coefficient (Wildman–Crippen LogP) is 5.33. The lowest BCUT2D eigenvalue weighted by Gasteiger charge is -2.59. The highest BCUT2D eigenvalue weighted by molar-refractivity contribution is 5.29. The molecule has 9 unspecified atom stereocenters. The molecule has 3 N–H and O–H groups in total. The van der Waals surface area contributed by atoms with Crippen molar-refractivity contribution in [3.8, 4) is 0 Å². The van der Waals surface area contributed by atoms with Gasteiger partial charge in [-0.2, -0.15) is 0 Å². The van der Waals surface area contributed by atoms with Crippen LogP contribution in [-0.2, 0) is 0 Å². The van der Waals surface area contributed by atoms with Gasteiger partial charge in [-0.3, -0.25) is 0 Å². The highest BCUT2D eigenvalue weighted by Gasteiger charge is 2.60. The van der Waals surface area contributed by atoms with Gasteiger partial charge in [-0.15, -0.1) is 0 Å². The summed E-state index contributed by atoms with van der Waals surface area (Å²) < 4.78 is 0. The van der Waals surface area contributed by atoms with E-state index in [4.69, 9.17) is 0 Å². The van der Waals surface area contributed by atoms with Crippen LogP contribution >= 0.6 is 0 Å². The van der Waals surface area contributed by atoms with Gasteiger partial charge in [-0.1, -0.05) is 46.6 Å². The van der Waals surface area contributed by atoms with Crippen molar-refractivity contribution in [2.45, 2.75) is 104 Å². The number of hydrogen-bond acceptors (Lipinski definition) is 3. The zero-order valence-electron chi connectivity index (χ0n) is 19.8. The molecular weight excluding hydrogens is 372 g/mol. The lowest BCUT2D eigenvalue weighted by molar-refractivity contribution is -0.0828. The quantitative estimate of drug-likeness (QED) is 0.511. The van der Waals surface area contributed by atoms with Crippen LogP contribution < -0.4 is 0 Å². The normalized spacial score (nSPS) is 46.7. The molecule has 3 saturated carbocycles. The summed E-state index contributed by atoms with van der Waals surface area (Å²) in [4.78, 5) is 0.